The van der Waals surface area contributed by atoms with Crippen LogP contribution in [-0.4, -0.2) is 11.9 Å². The average Bonchev–Trinajstić information content (AvgIpc) is 2.70. The lowest BCUT2D eigenvalue weighted by Crippen LogP contribution is -2.33. The van der Waals surface area contributed by atoms with Crippen molar-refractivity contribution in [2.75, 3.05) is 0 Å². The molecule has 0 bridgehead atoms. The fourth-order valence-corrected chi connectivity index (χ4v) is 2.73. The molecule has 1 saturated carbocycles. The SMILES string of the molecule is O=C(NC1CCCC1)c1ccc(F)cc1I. The third-order valence-corrected chi connectivity index (χ3v) is 3.76. The lowest BCUT2D eigenvalue weighted by atomic mass is 10.2. The van der Waals surface area contributed by atoms with Crippen LogP contribution in [0.15, 0.2) is 18.2 Å². The minimum absolute atomic E-state index is 0.0868. The van der Waals surface area contributed by atoms with Gasteiger partial charge in [-0.25, -0.2) is 4.39 Å². The van der Waals surface area contributed by atoms with E-state index in [4.69, 9.17) is 0 Å². The minimum Gasteiger partial charge on any atom is -0.349 e. The molecule has 2 nitrogen and oxygen atoms in total. The minimum atomic E-state index is -0.304. The summed E-state index contributed by atoms with van der Waals surface area (Å²) in [6.07, 6.45) is 4.49. The summed E-state index contributed by atoms with van der Waals surface area (Å²) in [6, 6.07) is 4.55. The van der Waals surface area contributed by atoms with Gasteiger partial charge in [0.15, 0.2) is 0 Å². The predicted molar refractivity (Wildman–Crippen MR) is 68.8 cm³/mol. The molecule has 0 unspecified atom stereocenters. The Morgan fingerprint density at radius 1 is 1.38 bits per heavy atom. The molecule has 0 aliphatic heterocycles. The van der Waals surface area contributed by atoms with E-state index in [0.717, 1.165) is 12.8 Å². The van der Waals surface area contributed by atoms with Gasteiger partial charge in [-0.2, -0.15) is 0 Å². The standard InChI is InChI=1S/C12H13FINO/c13-8-5-6-10(11(14)7-8)12(16)15-9-3-1-2-4-9/h5-7,9H,1-4H2,(H,15,16). The van der Waals surface area contributed by atoms with Gasteiger partial charge in [0, 0.05) is 9.61 Å². The van der Waals surface area contributed by atoms with Gasteiger partial charge in [0.25, 0.3) is 5.91 Å². The molecule has 1 aromatic rings. The Hall–Kier alpha value is -0.650. The van der Waals surface area contributed by atoms with Gasteiger partial charge in [0.2, 0.25) is 0 Å². The van der Waals surface area contributed by atoms with Crippen molar-refractivity contribution in [1.29, 1.82) is 0 Å². The van der Waals surface area contributed by atoms with Crippen LogP contribution in [0.25, 0.3) is 0 Å². The maximum absolute atomic E-state index is 12.9. The van der Waals surface area contributed by atoms with Gasteiger partial charge < -0.3 is 5.32 Å². The molecule has 1 aliphatic rings. The molecule has 1 aliphatic carbocycles. The van der Waals surface area contributed by atoms with E-state index in [1.54, 1.807) is 6.07 Å². The number of carbonyl (C=O) groups excluding carboxylic acids is 1. The van der Waals surface area contributed by atoms with Crippen molar-refractivity contribution in [3.8, 4) is 0 Å². The zero-order valence-corrected chi connectivity index (χ0v) is 11.0. The first-order chi connectivity index (χ1) is 7.66. The number of hydrogen-bond donors (Lipinski definition) is 1. The molecule has 4 heteroatoms. The van der Waals surface area contributed by atoms with E-state index in [0.29, 0.717) is 15.2 Å². The summed E-state index contributed by atoms with van der Waals surface area (Å²) in [5.41, 5.74) is 0.564. The van der Waals surface area contributed by atoms with Crippen LogP contribution in [0.2, 0.25) is 0 Å². The molecule has 0 spiro atoms. The molecule has 0 atom stereocenters. The van der Waals surface area contributed by atoms with E-state index in [1.165, 1.54) is 25.0 Å². The highest BCUT2D eigenvalue weighted by molar-refractivity contribution is 14.1. The number of benzene rings is 1. The number of amides is 1. The van der Waals surface area contributed by atoms with Crippen LogP contribution < -0.4 is 5.32 Å². The summed E-state index contributed by atoms with van der Waals surface area (Å²) < 4.78 is 13.5. The van der Waals surface area contributed by atoms with Crippen LogP contribution >= 0.6 is 22.6 Å². The van der Waals surface area contributed by atoms with E-state index in [2.05, 4.69) is 5.32 Å². The van der Waals surface area contributed by atoms with Gasteiger partial charge in [0.1, 0.15) is 5.82 Å². The molecule has 16 heavy (non-hydrogen) atoms. The van der Waals surface area contributed by atoms with Gasteiger partial charge in [-0.05, 0) is 53.6 Å². The highest BCUT2D eigenvalue weighted by atomic mass is 127. The fraction of sp³-hybridized carbons (Fsp3) is 0.417. The quantitative estimate of drug-likeness (QED) is 0.828. The van der Waals surface area contributed by atoms with Crippen LogP contribution in [0.3, 0.4) is 0 Å². The van der Waals surface area contributed by atoms with Crippen LogP contribution in [0, 0.1) is 9.39 Å². The second-order valence-corrected chi connectivity index (χ2v) is 5.24. The molecule has 2 rings (SSSR count). The first kappa shape index (κ1) is 11.8. The third-order valence-electron chi connectivity index (χ3n) is 2.87. The second-order valence-electron chi connectivity index (χ2n) is 4.08. The molecule has 0 heterocycles. The van der Waals surface area contributed by atoms with Crippen molar-refractivity contribution >= 4 is 28.5 Å². The second kappa shape index (κ2) is 5.12. The summed E-state index contributed by atoms with van der Waals surface area (Å²) in [5, 5.41) is 2.99. The van der Waals surface area contributed by atoms with Crippen molar-refractivity contribution in [1.82, 2.24) is 5.32 Å². The van der Waals surface area contributed by atoms with Crippen LogP contribution in [0.4, 0.5) is 4.39 Å². The Kier molecular flexibility index (Phi) is 3.78. The molecular formula is C12H13FINO. The normalized spacial score (nSPS) is 16.4. The number of nitrogens with one attached hydrogen (secondary N) is 1. The summed E-state index contributed by atoms with van der Waals surface area (Å²) in [4.78, 5) is 11.9. The monoisotopic (exact) mass is 333 g/mol. The Bertz CT molecular complexity index is 402. The Labute approximate surface area is 108 Å². The molecule has 1 aromatic carbocycles. The maximum Gasteiger partial charge on any atom is 0.252 e. The van der Waals surface area contributed by atoms with Crippen LogP contribution in [0.1, 0.15) is 36.0 Å². The van der Waals surface area contributed by atoms with E-state index in [9.17, 15) is 9.18 Å². The van der Waals surface area contributed by atoms with Crippen molar-refractivity contribution in [3.63, 3.8) is 0 Å². The Morgan fingerprint density at radius 3 is 2.69 bits per heavy atom. The largest absolute Gasteiger partial charge is 0.349 e. The maximum atomic E-state index is 12.9. The van der Waals surface area contributed by atoms with Crippen molar-refractivity contribution in [2.24, 2.45) is 0 Å². The molecule has 0 saturated heterocycles. The Balaban J connectivity index is 2.08. The first-order valence-electron chi connectivity index (χ1n) is 5.43. The smallest absolute Gasteiger partial charge is 0.252 e. The van der Waals surface area contributed by atoms with Gasteiger partial charge in [-0.1, -0.05) is 12.8 Å². The number of rotatable bonds is 2. The van der Waals surface area contributed by atoms with Crippen LogP contribution in [0.5, 0.6) is 0 Å². The van der Waals surface area contributed by atoms with Gasteiger partial charge >= 0.3 is 0 Å². The topological polar surface area (TPSA) is 29.1 Å². The fourth-order valence-electron chi connectivity index (χ4n) is 2.01. The van der Waals surface area contributed by atoms with Crippen molar-refractivity contribution in [3.05, 3.63) is 33.1 Å². The van der Waals surface area contributed by atoms with Gasteiger partial charge in [-0.15, -0.1) is 0 Å². The molecule has 0 radical (unpaired) electrons. The third kappa shape index (κ3) is 2.72. The van der Waals surface area contributed by atoms with Crippen LogP contribution in [-0.2, 0) is 0 Å². The lowest BCUT2D eigenvalue weighted by molar-refractivity contribution is 0.0937. The highest BCUT2D eigenvalue weighted by Crippen LogP contribution is 2.19. The van der Waals surface area contributed by atoms with E-state index < -0.39 is 0 Å². The van der Waals surface area contributed by atoms with Gasteiger partial charge in [-0.3, -0.25) is 4.79 Å². The van der Waals surface area contributed by atoms with E-state index in [1.807, 2.05) is 22.6 Å². The highest BCUT2D eigenvalue weighted by Gasteiger charge is 2.19. The first-order valence-corrected chi connectivity index (χ1v) is 6.50. The molecule has 1 fully saturated rings. The number of carbonyl (C=O) groups is 1. The summed E-state index contributed by atoms with van der Waals surface area (Å²) in [7, 11) is 0. The Morgan fingerprint density at radius 2 is 2.06 bits per heavy atom. The van der Waals surface area contributed by atoms with E-state index in [-0.39, 0.29) is 11.7 Å². The number of hydrogen-bond acceptors (Lipinski definition) is 1. The summed E-state index contributed by atoms with van der Waals surface area (Å²) in [5.74, 6) is -0.391. The summed E-state index contributed by atoms with van der Waals surface area (Å²) >= 11 is 1.99. The predicted octanol–water partition coefficient (Wildman–Crippen LogP) is 3.10. The molecule has 0 aromatic heterocycles. The zero-order valence-electron chi connectivity index (χ0n) is 8.80. The van der Waals surface area contributed by atoms with Crippen molar-refractivity contribution < 1.29 is 9.18 Å². The molecule has 86 valence electrons. The molecule has 1 amide bonds. The number of halogens is 2. The van der Waals surface area contributed by atoms with Crippen molar-refractivity contribution in [2.45, 2.75) is 31.7 Å². The zero-order chi connectivity index (χ0) is 11.5. The van der Waals surface area contributed by atoms with E-state index >= 15 is 0 Å². The summed E-state index contributed by atoms with van der Waals surface area (Å²) in [6.45, 7) is 0. The van der Waals surface area contributed by atoms with Gasteiger partial charge in [0.05, 0.1) is 5.56 Å². The molecular weight excluding hydrogens is 320 g/mol. The lowest BCUT2D eigenvalue weighted by Gasteiger charge is -2.12. The average molecular weight is 333 g/mol. The molecule has 1 N–H and O–H groups in total.